The van der Waals surface area contributed by atoms with Crippen molar-refractivity contribution >= 4 is 46.6 Å². The number of halogens is 2. The van der Waals surface area contributed by atoms with Gasteiger partial charge in [0.25, 0.3) is 0 Å². The van der Waals surface area contributed by atoms with Crippen LogP contribution in [0.2, 0.25) is 10.0 Å². The van der Waals surface area contributed by atoms with Gasteiger partial charge in [-0.15, -0.1) is 0 Å². The summed E-state index contributed by atoms with van der Waals surface area (Å²) in [7, 11) is 0. The van der Waals surface area contributed by atoms with E-state index >= 15 is 0 Å². The van der Waals surface area contributed by atoms with Crippen LogP contribution in [0.25, 0.3) is 0 Å². The number of carbonyl (C=O) groups is 1. The van der Waals surface area contributed by atoms with E-state index in [4.69, 9.17) is 27.9 Å². The van der Waals surface area contributed by atoms with Gasteiger partial charge in [0.05, 0.1) is 10.7 Å². The van der Waals surface area contributed by atoms with Crippen LogP contribution in [0.1, 0.15) is 23.4 Å². The molecule has 0 saturated heterocycles. The highest BCUT2D eigenvalue weighted by Crippen LogP contribution is 2.33. The zero-order valence-corrected chi connectivity index (χ0v) is 19.0. The molecule has 0 unspecified atom stereocenters. The van der Waals surface area contributed by atoms with E-state index in [1.165, 1.54) is 18.0 Å². The fraction of sp³-hybridized carbons (Fsp3) is 0.238. The molecule has 156 valence electrons. The average molecular weight is 463 g/mol. The number of aromatic nitrogens is 3. The van der Waals surface area contributed by atoms with Gasteiger partial charge in [-0.2, -0.15) is 0 Å². The zero-order chi connectivity index (χ0) is 21.7. The fourth-order valence-electron chi connectivity index (χ4n) is 2.85. The summed E-state index contributed by atoms with van der Waals surface area (Å²) in [5, 5.41) is 4.31. The predicted octanol–water partition coefficient (Wildman–Crippen LogP) is 5.88. The van der Waals surface area contributed by atoms with E-state index in [1.807, 2.05) is 26.2 Å². The Kier molecular flexibility index (Phi) is 7.53. The summed E-state index contributed by atoms with van der Waals surface area (Å²) in [4.78, 5) is 25.6. The number of aryl methyl sites for hydroxylation is 2. The van der Waals surface area contributed by atoms with Gasteiger partial charge in [0.15, 0.2) is 10.9 Å². The van der Waals surface area contributed by atoms with E-state index in [2.05, 4.69) is 20.3 Å². The highest BCUT2D eigenvalue weighted by atomic mass is 35.5. The smallest absolute Gasteiger partial charge is 0.238 e. The summed E-state index contributed by atoms with van der Waals surface area (Å²) in [5.41, 5.74) is 3.31. The SMILES string of the molecule is CSc1nc(C)c(CCC(=O)Nc2ccccc2Oc2ncc(Cl)cc2Cl)c(C)n1. The van der Waals surface area contributed by atoms with E-state index in [9.17, 15) is 4.79 Å². The third-order valence-corrected chi connectivity index (χ3v) is 5.35. The van der Waals surface area contributed by atoms with Crippen LogP contribution in [-0.4, -0.2) is 27.1 Å². The maximum absolute atomic E-state index is 12.6. The molecule has 0 aliphatic rings. The van der Waals surface area contributed by atoms with Crippen LogP contribution in [0.15, 0.2) is 41.7 Å². The van der Waals surface area contributed by atoms with Crippen LogP contribution < -0.4 is 10.1 Å². The Labute approximate surface area is 189 Å². The van der Waals surface area contributed by atoms with Crippen LogP contribution >= 0.6 is 35.0 Å². The van der Waals surface area contributed by atoms with Gasteiger partial charge in [-0.1, -0.05) is 47.1 Å². The lowest BCUT2D eigenvalue weighted by Crippen LogP contribution is -2.14. The highest BCUT2D eigenvalue weighted by Gasteiger charge is 2.14. The second-order valence-corrected chi connectivity index (χ2v) is 8.06. The van der Waals surface area contributed by atoms with Gasteiger partial charge in [0.2, 0.25) is 11.8 Å². The number of nitrogens with one attached hydrogen (secondary N) is 1. The number of pyridine rings is 1. The van der Waals surface area contributed by atoms with Crippen LogP contribution in [-0.2, 0) is 11.2 Å². The lowest BCUT2D eigenvalue weighted by molar-refractivity contribution is -0.116. The first-order chi connectivity index (χ1) is 14.4. The fourth-order valence-corrected chi connectivity index (χ4v) is 3.73. The minimum absolute atomic E-state index is 0.144. The number of thioether (sulfide) groups is 1. The van der Waals surface area contributed by atoms with Crippen molar-refractivity contribution in [3.05, 3.63) is 63.5 Å². The molecule has 1 N–H and O–H groups in total. The molecule has 3 aromatic rings. The van der Waals surface area contributed by atoms with E-state index < -0.39 is 0 Å². The van der Waals surface area contributed by atoms with Gasteiger partial charge in [0, 0.05) is 24.0 Å². The molecule has 0 bridgehead atoms. The summed E-state index contributed by atoms with van der Waals surface area (Å²) in [6.07, 6.45) is 4.22. The number of anilines is 1. The predicted molar refractivity (Wildman–Crippen MR) is 121 cm³/mol. The lowest BCUT2D eigenvalue weighted by atomic mass is 10.1. The molecule has 2 aromatic heterocycles. The lowest BCUT2D eigenvalue weighted by Gasteiger charge is -2.13. The Morgan fingerprint density at radius 1 is 1.17 bits per heavy atom. The number of ether oxygens (including phenoxy) is 1. The number of benzene rings is 1. The van der Waals surface area contributed by atoms with Crippen molar-refractivity contribution in [2.24, 2.45) is 0 Å². The number of rotatable bonds is 7. The van der Waals surface area contributed by atoms with Crippen molar-refractivity contribution < 1.29 is 9.53 Å². The van der Waals surface area contributed by atoms with Crippen LogP contribution in [0, 0.1) is 13.8 Å². The Hall–Kier alpha value is -2.35. The van der Waals surface area contributed by atoms with Crippen molar-refractivity contribution in [2.45, 2.75) is 31.8 Å². The summed E-state index contributed by atoms with van der Waals surface area (Å²) < 4.78 is 5.78. The van der Waals surface area contributed by atoms with Crippen molar-refractivity contribution in [2.75, 3.05) is 11.6 Å². The molecule has 1 aromatic carbocycles. The zero-order valence-electron chi connectivity index (χ0n) is 16.7. The maximum atomic E-state index is 12.6. The number of para-hydroxylation sites is 2. The molecule has 0 aliphatic heterocycles. The number of amides is 1. The van der Waals surface area contributed by atoms with E-state index in [0.29, 0.717) is 22.9 Å². The highest BCUT2D eigenvalue weighted by molar-refractivity contribution is 7.98. The Bertz CT molecular complexity index is 1060. The largest absolute Gasteiger partial charge is 0.435 e. The topological polar surface area (TPSA) is 77.0 Å². The van der Waals surface area contributed by atoms with E-state index in [0.717, 1.165) is 22.1 Å². The molecule has 3 rings (SSSR count). The molecule has 0 fully saturated rings. The van der Waals surface area contributed by atoms with Crippen LogP contribution in [0.5, 0.6) is 11.6 Å². The number of nitrogens with zero attached hydrogens (tertiary/aromatic N) is 3. The first-order valence-corrected chi connectivity index (χ1v) is 11.1. The maximum Gasteiger partial charge on any atom is 0.238 e. The molecule has 0 radical (unpaired) electrons. The van der Waals surface area contributed by atoms with Gasteiger partial charge >= 0.3 is 0 Å². The molecule has 0 aliphatic carbocycles. The standard InChI is InChI=1S/C21H20Cl2N4O2S/c1-12-15(13(2)26-21(25-12)30-3)8-9-19(28)27-17-6-4-5-7-18(17)29-20-16(23)10-14(22)11-24-20/h4-7,10-11H,8-9H2,1-3H3,(H,27,28). The number of carbonyl (C=O) groups excluding carboxylic acids is 1. The second kappa shape index (κ2) is 10.1. The van der Waals surface area contributed by atoms with Crippen molar-refractivity contribution in [3.63, 3.8) is 0 Å². The molecule has 2 heterocycles. The molecule has 1 amide bonds. The Morgan fingerprint density at radius 3 is 2.53 bits per heavy atom. The van der Waals surface area contributed by atoms with Crippen molar-refractivity contribution in [1.82, 2.24) is 15.0 Å². The van der Waals surface area contributed by atoms with Crippen LogP contribution in [0.4, 0.5) is 5.69 Å². The Morgan fingerprint density at radius 2 is 1.87 bits per heavy atom. The summed E-state index contributed by atoms with van der Waals surface area (Å²) in [6, 6.07) is 8.63. The van der Waals surface area contributed by atoms with Gasteiger partial charge in [0.1, 0.15) is 5.02 Å². The molecular weight excluding hydrogens is 443 g/mol. The molecule has 0 spiro atoms. The van der Waals surface area contributed by atoms with Crippen LogP contribution in [0.3, 0.4) is 0 Å². The third kappa shape index (κ3) is 5.62. The summed E-state index contributed by atoms with van der Waals surface area (Å²) in [5.74, 6) is 0.497. The molecule has 0 saturated carbocycles. The van der Waals surface area contributed by atoms with Crippen molar-refractivity contribution in [1.29, 1.82) is 0 Å². The summed E-state index contributed by atoms with van der Waals surface area (Å²) in [6.45, 7) is 3.88. The first kappa shape index (κ1) is 22.3. The normalized spacial score (nSPS) is 10.7. The Balaban J connectivity index is 1.69. The van der Waals surface area contributed by atoms with Gasteiger partial charge in [-0.25, -0.2) is 15.0 Å². The van der Waals surface area contributed by atoms with E-state index in [-0.39, 0.29) is 23.2 Å². The first-order valence-electron chi connectivity index (χ1n) is 9.13. The van der Waals surface area contributed by atoms with Gasteiger partial charge in [-0.05, 0) is 50.3 Å². The van der Waals surface area contributed by atoms with Gasteiger partial charge < -0.3 is 10.1 Å². The average Bonchev–Trinajstić information content (AvgIpc) is 2.70. The molecule has 6 nitrogen and oxygen atoms in total. The van der Waals surface area contributed by atoms with Gasteiger partial charge in [-0.3, -0.25) is 4.79 Å². The molecule has 30 heavy (non-hydrogen) atoms. The summed E-state index contributed by atoms with van der Waals surface area (Å²) >= 11 is 13.5. The quantitative estimate of drug-likeness (QED) is 0.348. The molecule has 0 atom stereocenters. The second-order valence-electron chi connectivity index (χ2n) is 6.45. The number of hydrogen-bond acceptors (Lipinski definition) is 6. The number of hydrogen-bond donors (Lipinski definition) is 1. The molecular formula is C21H20Cl2N4O2S. The minimum Gasteiger partial charge on any atom is -0.435 e. The van der Waals surface area contributed by atoms with Crippen molar-refractivity contribution in [3.8, 4) is 11.6 Å². The molecule has 9 heteroatoms. The minimum atomic E-state index is -0.144. The monoisotopic (exact) mass is 462 g/mol. The van der Waals surface area contributed by atoms with E-state index in [1.54, 1.807) is 24.3 Å². The third-order valence-electron chi connectivity index (χ3n) is 4.33.